The van der Waals surface area contributed by atoms with E-state index < -0.39 is 0 Å². The highest BCUT2D eigenvalue weighted by atomic mass is 16.2. The predicted molar refractivity (Wildman–Crippen MR) is 123 cm³/mol. The minimum absolute atomic E-state index is 0.267. The Morgan fingerprint density at radius 1 is 1.10 bits per heavy atom. The Balaban J connectivity index is 1.40. The number of benzene rings is 2. The maximum Gasteiger partial charge on any atom is 0.272 e. The Hall–Kier alpha value is -3.73. The molecule has 0 saturated heterocycles. The Kier molecular flexibility index (Phi) is 5.08. The average molecular weight is 409 g/mol. The number of rotatable bonds is 4. The summed E-state index contributed by atoms with van der Waals surface area (Å²) in [5, 5.41) is 8.08. The molecule has 2 aromatic carbocycles. The van der Waals surface area contributed by atoms with Gasteiger partial charge in [0.25, 0.3) is 5.91 Å². The fraction of sp³-hybridized carbons (Fsp3) is 0.192. The summed E-state index contributed by atoms with van der Waals surface area (Å²) in [4.78, 5) is 16.2. The number of carbonyl (C=O) groups excluding carboxylic acids is 1. The van der Waals surface area contributed by atoms with Crippen LogP contribution in [0.1, 0.15) is 52.4 Å². The monoisotopic (exact) mass is 408 g/mol. The van der Waals surface area contributed by atoms with E-state index in [-0.39, 0.29) is 5.91 Å². The van der Waals surface area contributed by atoms with E-state index >= 15 is 0 Å². The highest BCUT2D eigenvalue weighted by Crippen LogP contribution is 2.49. The van der Waals surface area contributed by atoms with Crippen LogP contribution in [0.15, 0.2) is 90.3 Å². The number of hydrogen-bond donors (Lipinski definition) is 2. The molecule has 0 saturated carbocycles. The van der Waals surface area contributed by atoms with Crippen LogP contribution >= 0.6 is 0 Å². The highest BCUT2D eigenvalue weighted by molar-refractivity contribution is 6.01. The standard InChI is InChI=1S/C26H24N4O/c1-17(29-30-26(31)20-9-6-14-27-16-20)19-12-13-24-23(15-19)21-10-5-11-22(21)25(28-24)18-7-3-2-4-8-18/h2-10,12-16,21-22,25,28H,11H2,1H3,(H,30,31)/b29-17+/t21-,22+,25-/m0/s1. The number of fused-ring (bicyclic) bond motifs is 3. The summed E-state index contributed by atoms with van der Waals surface area (Å²) in [6, 6.07) is 20.8. The molecule has 2 aliphatic rings. The zero-order valence-electron chi connectivity index (χ0n) is 17.3. The first-order chi connectivity index (χ1) is 15.2. The van der Waals surface area contributed by atoms with Crippen molar-refractivity contribution in [2.24, 2.45) is 11.0 Å². The second-order valence-corrected chi connectivity index (χ2v) is 8.07. The van der Waals surface area contributed by atoms with E-state index in [9.17, 15) is 4.79 Å². The van der Waals surface area contributed by atoms with Gasteiger partial charge in [0.05, 0.1) is 17.3 Å². The molecule has 2 N–H and O–H groups in total. The van der Waals surface area contributed by atoms with Crippen LogP contribution in [0.3, 0.4) is 0 Å². The summed E-state index contributed by atoms with van der Waals surface area (Å²) in [6.07, 6.45) is 8.86. The Bertz CT molecular complexity index is 1150. The molecule has 3 aromatic rings. The number of hydrazone groups is 1. The van der Waals surface area contributed by atoms with Crippen molar-refractivity contribution in [3.63, 3.8) is 0 Å². The summed E-state index contributed by atoms with van der Waals surface area (Å²) >= 11 is 0. The molecule has 0 radical (unpaired) electrons. The summed E-state index contributed by atoms with van der Waals surface area (Å²) in [5.41, 5.74) is 8.67. The molecule has 0 fully saturated rings. The zero-order valence-corrected chi connectivity index (χ0v) is 17.3. The number of nitrogens with one attached hydrogen (secondary N) is 2. The Morgan fingerprint density at radius 3 is 2.77 bits per heavy atom. The molecule has 0 unspecified atom stereocenters. The van der Waals surface area contributed by atoms with E-state index in [1.54, 1.807) is 18.3 Å². The van der Waals surface area contributed by atoms with Crippen molar-refractivity contribution in [3.8, 4) is 0 Å². The molecule has 0 spiro atoms. The van der Waals surface area contributed by atoms with E-state index in [2.05, 4.69) is 81.5 Å². The van der Waals surface area contributed by atoms with Crippen LogP contribution in [0, 0.1) is 5.92 Å². The van der Waals surface area contributed by atoms with Crippen molar-refractivity contribution < 1.29 is 4.79 Å². The Labute approximate surface area is 181 Å². The van der Waals surface area contributed by atoms with Gasteiger partial charge in [-0.3, -0.25) is 9.78 Å². The molecular formula is C26H24N4O. The lowest BCUT2D eigenvalue weighted by Crippen LogP contribution is -2.29. The van der Waals surface area contributed by atoms with Gasteiger partial charge < -0.3 is 5.32 Å². The zero-order chi connectivity index (χ0) is 21.2. The number of carbonyl (C=O) groups is 1. The maximum atomic E-state index is 12.3. The van der Waals surface area contributed by atoms with Crippen LogP contribution in [0.5, 0.6) is 0 Å². The number of pyridine rings is 1. The maximum absolute atomic E-state index is 12.3. The Morgan fingerprint density at radius 2 is 1.97 bits per heavy atom. The van der Waals surface area contributed by atoms with E-state index in [4.69, 9.17) is 0 Å². The van der Waals surface area contributed by atoms with Gasteiger partial charge in [-0.25, -0.2) is 5.43 Å². The lowest BCUT2D eigenvalue weighted by Gasteiger charge is -2.37. The summed E-state index contributed by atoms with van der Waals surface area (Å²) in [5.74, 6) is 0.600. The van der Waals surface area contributed by atoms with Crippen molar-refractivity contribution in [2.45, 2.75) is 25.3 Å². The number of aromatic nitrogens is 1. The van der Waals surface area contributed by atoms with Gasteiger partial charge in [-0.05, 0) is 60.2 Å². The third-order valence-corrected chi connectivity index (χ3v) is 6.19. The SMILES string of the molecule is C/C(=N\NC(=O)c1cccnc1)c1ccc2c(c1)[C@H]1C=CC[C@H]1[C@H](c1ccccc1)N2. The van der Waals surface area contributed by atoms with Gasteiger partial charge in [-0.15, -0.1) is 0 Å². The molecule has 1 aliphatic heterocycles. The van der Waals surface area contributed by atoms with E-state index in [1.807, 2.05) is 6.92 Å². The van der Waals surface area contributed by atoms with Gasteiger partial charge in [0.2, 0.25) is 0 Å². The molecule has 5 nitrogen and oxygen atoms in total. The first-order valence-corrected chi connectivity index (χ1v) is 10.6. The van der Waals surface area contributed by atoms with Crippen LogP contribution in [0.25, 0.3) is 0 Å². The molecule has 31 heavy (non-hydrogen) atoms. The quantitative estimate of drug-likeness (QED) is 0.360. The first kappa shape index (κ1) is 19.2. The van der Waals surface area contributed by atoms with Gasteiger partial charge in [-0.2, -0.15) is 5.10 Å². The molecule has 3 atom stereocenters. The van der Waals surface area contributed by atoms with Crippen LogP contribution in [-0.2, 0) is 0 Å². The second kappa shape index (κ2) is 8.19. The summed E-state index contributed by atoms with van der Waals surface area (Å²) in [7, 11) is 0. The number of amides is 1. The van der Waals surface area contributed by atoms with Gasteiger partial charge in [0.1, 0.15) is 0 Å². The van der Waals surface area contributed by atoms with Crippen molar-refractivity contribution in [2.75, 3.05) is 5.32 Å². The molecule has 2 heterocycles. The van der Waals surface area contributed by atoms with Gasteiger partial charge in [0, 0.05) is 24.0 Å². The normalized spacial score (nSPS) is 21.7. The van der Waals surface area contributed by atoms with Crippen LogP contribution in [-0.4, -0.2) is 16.6 Å². The highest BCUT2D eigenvalue weighted by Gasteiger charge is 2.37. The largest absolute Gasteiger partial charge is 0.378 e. The first-order valence-electron chi connectivity index (χ1n) is 10.6. The molecule has 5 rings (SSSR count). The van der Waals surface area contributed by atoms with Crippen molar-refractivity contribution in [3.05, 3.63) is 107 Å². The topological polar surface area (TPSA) is 66.4 Å². The summed E-state index contributed by atoms with van der Waals surface area (Å²) < 4.78 is 0. The smallest absolute Gasteiger partial charge is 0.272 e. The van der Waals surface area contributed by atoms with Crippen LogP contribution in [0.4, 0.5) is 5.69 Å². The van der Waals surface area contributed by atoms with Crippen molar-refractivity contribution >= 4 is 17.3 Å². The van der Waals surface area contributed by atoms with Gasteiger partial charge in [-0.1, -0.05) is 48.6 Å². The van der Waals surface area contributed by atoms with E-state index in [1.165, 1.54) is 17.3 Å². The van der Waals surface area contributed by atoms with Gasteiger partial charge >= 0.3 is 0 Å². The average Bonchev–Trinajstić information content (AvgIpc) is 3.33. The van der Waals surface area contributed by atoms with E-state index in [0.29, 0.717) is 23.4 Å². The predicted octanol–water partition coefficient (Wildman–Crippen LogP) is 5.06. The third kappa shape index (κ3) is 3.75. The molecule has 5 heteroatoms. The molecule has 1 aromatic heterocycles. The molecule has 154 valence electrons. The molecule has 1 amide bonds. The number of nitrogens with zero attached hydrogens (tertiary/aromatic N) is 2. The van der Waals surface area contributed by atoms with E-state index in [0.717, 1.165) is 23.4 Å². The number of hydrogen-bond acceptors (Lipinski definition) is 4. The number of anilines is 1. The van der Waals surface area contributed by atoms with Crippen LogP contribution in [0.2, 0.25) is 0 Å². The molecular weight excluding hydrogens is 384 g/mol. The third-order valence-electron chi connectivity index (χ3n) is 6.19. The van der Waals surface area contributed by atoms with Gasteiger partial charge in [0.15, 0.2) is 0 Å². The fourth-order valence-electron chi connectivity index (χ4n) is 4.57. The minimum atomic E-state index is -0.267. The molecule has 0 bridgehead atoms. The second-order valence-electron chi connectivity index (χ2n) is 8.07. The minimum Gasteiger partial charge on any atom is -0.378 e. The fourth-order valence-corrected chi connectivity index (χ4v) is 4.57. The van der Waals surface area contributed by atoms with Crippen molar-refractivity contribution in [1.82, 2.24) is 10.4 Å². The van der Waals surface area contributed by atoms with Crippen molar-refractivity contribution in [1.29, 1.82) is 0 Å². The summed E-state index contributed by atoms with van der Waals surface area (Å²) in [6.45, 7) is 1.91. The molecule has 1 aliphatic carbocycles. The van der Waals surface area contributed by atoms with Crippen LogP contribution < -0.4 is 10.7 Å². The number of allylic oxidation sites excluding steroid dienone is 2. The lowest BCUT2D eigenvalue weighted by atomic mass is 9.76. The lowest BCUT2D eigenvalue weighted by molar-refractivity contribution is 0.0954.